The van der Waals surface area contributed by atoms with Gasteiger partial charge in [-0.15, -0.1) is 0 Å². The normalized spacial score (nSPS) is 23.3. The molecule has 212 valence electrons. The first-order valence-electron chi connectivity index (χ1n) is 12.7. The molecule has 0 amide bonds. The quantitative estimate of drug-likeness (QED) is 0.262. The minimum atomic E-state index is -4.96. The number of aliphatic imine (C=N–C) groups is 1. The molecule has 4 rings (SSSR count). The van der Waals surface area contributed by atoms with Crippen LogP contribution in [0.4, 0.5) is 22.0 Å². The van der Waals surface area contributed by atoms with Crippen molar-refractivity contribution in [2.24, 2.45) is 4.99 Å². The molecule has 1 atom stereocenters. The Labute approximate surface area is 228 Å². The van der Waals surface area contributed by atoms with Gasteiger partial charge in [0.1, 0.15) is 5.82 Å². The van der Waals surface area contributed by atoms with Gasteiger partial charge in [-0.25, -0.2) is 4.39 Å². The third-order valence-electron chi connectivity index (χ3n) is 6.65. The Bertz CT molecular complexity index is 1370. The Hall–Kier alpha value is -3.95. The number of carbonyl (C=O) groups excluding carboxylic acids is 1. The fourth-order valence-electron chi connectivity index (χ4n) is 4.57. The Morgan fingerprint density at radius 2 is 1.77 bits per heavy atom. The van der Waals surface area contributed by atoms with Gasteiger partial charge in [0.15, 0.2) is 17.3 Å². The third-order valence-corrected chi connectivity index (χ3v) is 6.65. The molecule has 1 unspecified atom stereocenters. The van der Waals surface area contributed by atoms with E-state index in [-0.39, 0.29) is 11.3 Å². The molecular weight excluding hydrogens is 533 g/mol. The van der Waals surface area contributed by atoms with Crippen molar-refractivity contribution in [3.63, 3.8) is 0 Å². The number of alkyl halides is 4. The van der Waals surface area contributed by atoms with Crippen molar-refractivity contribution >= 4 is 12.0 Å². The lowest BCUT2D eigenvalue weighted by atomic mass is 9.91. The Morgan fingerprint density at radius 1 is 1.10 bits per heavy atom. The standard InChI is InChI=1S/C30H28F5NO4/c1-36-15-14-20(13-12-19-8-4-3-5-9-19)22-11-7-6-10-21(16-27(38-2)28(22)37)23-17-25-26(18-24(23)31)40-30(34,35)29(32,33)39-25/h3-5,8-9,11,13,15-18,21H,6-7,10,12,14H2,1-2H3/b20-13-,22-11-,27-16+,36-15?. The summed E-state index contributed by atoms with van der Waals surface area (Å²) in [5.41, 5.74) is 2.11. The van der Waals surface area contributed by atoms with E-state index in [1.807, 2.05) is 36.4 Å². The predicted octanol–water partition coefficient (Wildman–Crippen LogP) is 7.34. The van der Waals surface area contributed by atoms with E-state index in [1.165, 1.54) is 13.2 Å². The highest BCUT2D eigenvalue weighted by atomic mass is 19.3. The van der Waals surface area contributed by atoms with E-state index in [0.717, 1.165) is 17.2 Å². The number of Topliss-reactive ketones (excluding diaryl/α,β-unsaturated/α-hetero) is 1. The fraction of sp³-hybridized carbons (Fsp3) is 0.333. The first kappa shape index (κ1) is 29.0. The van der Waals surface area contributed by atoms with Gasteiger partial charge in [-0.1, -0.05) is 42.5 Å². The lowest BCUT2D eigenvalue weighted by Gasteiger charge is -2.32. The number of hydrogen-bond acceptors (Lipinski definition) is 5. The summed E-state index contributed by atoms with van der Waals surface area (Å²) in [6, 6.07) is 11.2. The number of ether oxygens (including phenoxy) is 3. The van der Waals surface area contributed by atoms with E-state index < -0.39 is 41.2 Å². The second-order valence-corrected chi connectivity index (χ2v) is 9.34. The van der Waals surface area contributed by atoms with Crippen LogP contribution in [-0.4, -0.2) is 38.4 Å². The molecule has 2 aliphatic rings. The number of rotatable bonds is 7. The first-order valence-corrected chi connectivity index (χ1v) is 12.7. The van der Waals surface area contributed by atoms with E-state index >= 15 is 4.39 Å². The summed E-state index contributed by atoms with van der Waals surface area (Å²) in [6.45, 7) is 0. The lowest BCUT2D eigenvalue weighted by molar-refractivity contribution is -0.391. The Kier molecular flexibility index (Phi) is 8.76. The molecule has 10 heteroatoms. The lowest BCUT2D eigenvalue weighted by Crippen LogP contribution is -2.52. The number of halogens is 5. The molecule has 0 saturated heterocycles. The van der Waals surface area contributed by atoms with Gasteiger partial charge in [-0.05, 0) is 54.5 Å². The van der Waals surface area contributed by atoms with Crippen molar-refractivity contribution in [3.05, 3.63) is 94.5 Å². The number of benzene rings is 2. The van der Waals surface area contributed by atoms with Crippen molar-refractivity contribution in [3.8, 4) is 11.5 Å². The number of methoxy groups -OCH3 is 1. The molecule has 0 N–H and O–H groups in total. The highest BCUT2D eigenvalue weighted by Crippen LogP contribution is 2.48. The highest BCUT2D eigenvalue weighted by Gasteiger charge is 2.66. The molecule has 0 radical (unpaired) electrons. The molecular formula is C30H28F5NO4. The van der Waals surface area contributed by atoms with Crippen LogP contribution < -0.4 is 9.47 Å². The van der Waals surface area contributed by atoms with Gasteiger partial charge in [0.25, 0.3) is 0 Å². The maximum absolute atomic E-state index is 15.1. The molecule has 2 aromatic rings. The fourth-order valence-corrected chi connectivity index (χ4v) is 4.57. The van der Waals surface area contributed by atoms with Gasteiger partial charge in [0.05, 0.1) is 7.11 Å². The van der Waals surface area contributed by atoms with E-state index in [1.54, 1.807) is 19.3 Å². The molecule has 5 nitrogen and oxygen atoms in total. The zero-order chi connectivity index (χ0) is 28.9. The van der Waals surface area contributed by atoms with Crippen LogP contribution in [-0.2, 0) is 16.0 Å². The summed E-state index contributed by atoms with van der Waals surface area (Å²) >= 11 is 0. The van der Waals surface area contributed by atoms with Crippen LogP contribution in [0.2, 0.25) is 0 Å². The molecule has 2 aromatic carbocycles. The van der Waals surface area contributed by atoms with Crippen molar-refractivity contribution in [2.75, 3.05) is 14.2 Å². The van der Waals surface area contributed by atoms with Crippen molar-refractivity contribution in [1.82, 2.24) is 0 Å². The van der Waals surface area contributed by atoms with Crippen LogP contribution >= 0.6 is 0 Å². The monoisotopic (exact) mass is 561 g/mol. The molecule has 0 fully saturated rings. The number of allylic oxidation sites excluding steroid dienone is 5. The molecule has 0 spiro atoms. The third kappa shape index (κ3) is 6.26. The maximum atomic E-state index is 15.1. The maximum Gasteiger partial charge on any atom is 0.507 e. The summed E-state index contributed by atoms with van der Waals surface area (Å²) in [5, 5.41) is 0. The minimum absolute atomic E-state index is 0.0663. The average Bonchev–Trinajstić information content (AvgIpc) is 2.99. The number of fused-ring (bicyclic) bond motifs is 1. The SMILES string of the molecule is CN=CCC(=C/Cc1ccccc1)/C1=C/CCCC(c2cc3c(cc2F)OC(F)(F)C(F)(F)O3)/C=C(/OC)C1=O. The zero-order valence-electron chi connectivity index (χ0n) is 21.9. The molecule has 0 saturated carbocycles. The molecule has 40 heavy (non-hydrogen) atoms. The number of hydrogen-bond donors (Lipinski definition) is 0. The van der Waals surface area contributed by atoms with Gasteiger partial charge < -0.3 is 19.2 Å². The number of carbonyl (C=O) groups is 1. The number of nitrogens with zero attached hydrogens (tertiary/aromatic N) is 1. The molecule has 1 aliphatic heterocycles. The summed E-state index contributed by atoms with van der Waals surface area (Å²) in [7, 11) is 2.94. The van der Waals surface area contributed by atoms with Gasteiger partial charge in [-0.2, -0.15) is 17.6 Å². The average molecular weight is 562 g/mol. The summed E-state index contributed by atoms with van der Waals surface area (Å²) in [6.07, 6.45) is -0.761. The first-order chi connectivity index (χ1) is 19.1. The van der Waals surface area contributed by atoms with Crippen LogP contribution in [0.15, 0.2) is 82.6 Å². The van der Waals surface area contributed by atoms with E-state index in [9.17, 15) is 22.4 Å². The largest absolute Gasteiger partial charge is 0.507 e. The highest BCUT2D eigenvalue weighted by molar-refractivity contribution is 6.10. The van der Waals surface area contributed by atoms with Gasteiger partial charge in [0, 0.05) is 37.2 Å². The Balaban J connectivity index is 1.68. The number of ketones is 1. The van der Waals surface area contributed by atoms with Gasteiger partial charge in [-0.3, -0.25) is 4.79 Å². The predicted molar refractivity (Wildman–Crippen MR) is 140 cm³/mol. The van der Waals surface area contributed by atoms with Crippen LogP contribution in [0.3, 0.4) is 0 Å². The summed E-state index contributed by atoms with van der Waals surface area (Å²) < 4.78 is 83.4. The van der Waals surface area contributed by atoms with E-state index in [2.05, 4.69) is 14.5 Å². The van der Waals surface area contributed by atoms with Crippen LogP contribution in [0.1, 0.15) is 42.7 Å². The van der Waals surface area contributed by atoms with Crippen LogP contribution in [0.25, 0.3) is 0 Å². The topological polar surface area (TPSA) is 57.1 Å². The van der Waals surface area contributed by atoms with Crippen molar-refractivity contribution < 1.29 is 41.0 Å². The van der Waals surface area contributed by atoms with Crippen LogP contribution in [0, 0.1) is 5.82 Å². The molecule has 1 aliphatic carbocycles. The van der Waals surface area contributed by atoms with Gasteiger partial charge >= 0.3 is 12.2 Å². The van der Waals surface area contributed by atoms with Crippen molar-refractivity contribution in [1.29, 1.82) is 0 Å². The minimum Gasteiger partial charge on any atom is -0.493 e. The zero-order valence-corrected chi connectivity index (χ0v) is 21.9. The summed E-state index contributed by atoms with van der Waals surface area (Å²) in [5.74, 6) is -3.84. The summed E-state index contributed by atoms with van der Waals surface area (Å²) in [4.78, 5) is 17.7. The van der Waals surface area contributed by atoms with Gasteiger partial charge in [0.2, 0.25) is 5.78 Å². The van der Waals surface area contributed by atoms with Crippen LogP contribution in [0.5, 0.6) is 11.5 Å². The smallest absolute Gasteiger partial charge is 0.493 e. The molecule has 0 bridgehead atoms. The molecule has 1 heterocycles. The van der Waals surface area contributed by atoms with Crippen molar-refractivity contribution in [2.45, 2.75) is 50.2 Å². The Morgan fingerprint density at radius 3 is 2.42 bits per heavy atom. The van der Waals surface area contributed by atoms with E-state index in [0.29, 0.717) is 43.7 Å². The van der Waals surface area contributed by atoms with E-state index in [4.69, 9.17) is 4.74 Å². The second kappa shape index (κ2) is 12.1. The molecule has 0 aromatic heterocycles. The second-order valence-electron chi connectivity index (χ2n) is 9.34.